The monoisotopic (exact) mass is 323 g/mol. The molecule has 5 nitrogen and oxygen atoms in total. The largest absolute Gasteiger partial charge is 0.478 e. The van der Waals surface area contributed by atoms with E-state index in [1.54, 1.807) is 18.2 Å². The zero-order chi connectivity index (χ0) is 15.5. The molecule has 108 valence electrons. The number of halogens is 1. The number of rotatable bonds is 4. The van der Waals surface area contributed by atoms with Gasteiger partial charge in [-0.3, -0.25) is 0 Å². The molecule has 1 N–H and O–H groups in total. The quantitative estimate of drug-likeness (QED) is 0.877. The predicted octanol–water partition coefficient (Wildman–Crippen LogP) is 2.85. The van der Waals surface area contributed by atoms with Gasteiger partial charge in [0.25, 0.3) is 10.0 Å². The Morgan fingerprint density at radius 2 is 1.81 bits per heavy atom. The normalized spacial score (nSPS) is 11.7. The molecule has 0 saturated heterocycles. The van der Waals surface area contributed by atoms with Gasteiger partial charge in [-0.2, -0.15) is 12.8 Å². The van der Waals surface area contributed by atoms with E-state index in [4.69, 9.17) is 16.7 Å². The first-order valence-corrected chi connectivity index (χ1v) is 7.60. The summed E-state index contributed by atoms with van der Waals surface area (Å²) < 4.78 is 27.4. The summed E-state index contributed by atoms with van der Waals surface area (Å²) in [6.45, 7) is 0. The average Bonchev–Trinajstić information content (AvgIpc) is 2.46. The van der Waals surface area contributed by atoms with Gasteiger partial charge >= 0.3 is 5.97 Å². The molecule has 0 aliphatic rings. The molecule has 0 aromatic heterocycles. The van der Waals surface area contributed by atoms with Crippen molar-refractivity contribution in [2.75, 3.05) is 0 Å². The molecule has 2 aromatic rings. The molecule has 21 heavy (non-hydrogen) atoms. The van der Waals surface area contributed by atoms with Crippen LogP contribution in [0.4, 0.5) is 0 Å². The van der Waals surface area contributed by atoms with E-state index in [0.29, 0.717) is 5.56 Å². The Labute approximate surface area is 126 Å². The highest BCUT2D eigenvalue weighted by atomic mass is 35.5. The van der Waals surface area contributed by atoms with Crippen LogP contribution in [0.5, 0.6) is 0 Å². The summed E-state index contributed by atoms with van der Waals surface area (Å²) >= 11 is 5.80. The predicted molar refractivity (Wildman–Crippen MR) is 79.6 cm³/mol. The number of nitrogens with zero attached hydrogens (tertiary/aromatic N) is 1. The first-order chi connectivity index (χ1) is 9.90. The van der Waals surface area contributed by atoms with Crippen molar-refractivity contribution in [2.45, 2.75) is 4.90 Å². The number of sulfonamides is 1. The summed E-state index contributed by atoms with van der Waals surface area (Å²) in [6.07, 6.45) is 1.12. The van der Waals surface area contributed by atoms with Crippen molar-refractivity contribution in [3.05, 3.63) is 64.7 Å². The summed E-state index contributed by atoms with van der Waals surface area (Å²) in [5, 5.41) is 8.87. The molecule has 0 saturated carbocycles. The Morgan fingerprint density at radius 1 is 1.14 bits per heavy atom. The van der Waals surface area contributed by atoms with Gasteiger partial charge in [-0.25, -0.2) is 4.79 Å². The van der Waals surface area contributed by atoms with E-state index in [2.05, 4.69) is 4.40 Å². The summed E-state index contributed by atoms with van der Waals surface area (Å²) in [4.78, 5) is 10.9. The van der Waals surface area contributed by atoms with Crippen LogP contribution in [0.3, 0.4) is 0 Å². The number of hydrogen-bond acceptors (Lipinski definition) is 3. The first-order valence-electron chi connectivity index (χ1n) is 5.78. The van der Waals surface area contributed by atoms with Crippen LogP contribution in [0, 0.1) is 0 Å². The third-order valence-electron chi connectivity index (χ3n) is 2.61. The first kappa shape index (κ1) is 15.2. The summed E-state index contributed by atoms with van der Waals surface area (Å²) in [5.74, 6) is -1.15. The van der Waals surface area contributed by atoms with Crippen molar-refractivity contribution in [2.24, 2.45) is 4.40 Å². The third-order valence-corrected chi connectivity index (χ3v) is 4.17. The Hall–Kier alpha value is -2.18. The van der Waals surface area contributed by atoms with E-state index >= 15 is 0 Å². The lowest BCUT2D eigenvalue weighted by Gasteiger charge is -2.00. The van der Waals surface area contributed by atoms with Gasteiger partial charge in [0.15, 0.2) is 0 Å². The Balaban J connectivity index is 2.30. The highest BCUT2D eigenvalue weighted by Gasteiger charge is 2.11. The summed E-state index contributed by atoms with van der Waals surface area (Å²) in [5.41, 5.74) is 0.337. The van der Waals surface area contributed by atoms with Gasteiger partial charge in [-0.15, -0.1) is 0 Å². The highest BCUT2D eigenvalue weighted by Crippen LogP contribution is 2.18. The molecule has 0 amide bonds. The van der Waals surface area contributed by atoms with E-state index in [-0.39, 0.29) is 15.5 Å². The minimum Gasteiger partial charge on any atom is -0.478 e. The maximum Gasteiger partial charge on any atom is 0.337 e. The van der Waals surface area contributed by atoms with Crippen molar-refractivity contribution in [1.29, 1.82) is 0 Å². The van der Waals surface area contributed by atoms with Crippen molar-refractivity contribution in [3.63, 3.8) is 0 Å². The number of carboxylic acids is 1. The van der Waals surface area contributed by atoms with Crippen LogP contribution < -0.4 is 0 Å². The number of aromatic carboxylic acids is 1. The molecule has 7 heteroatoms. The fourth-order valence-corrected chi connectivity index (χ4v) is 2.72. The van der Waals surface area contributed by atoms with Crippen LogP contribution in [0.25, 0.3) is 0 Å². The van der Waals surface area contributed by atoms with Gasteiger partial charge in [0.2, 0.25) is 0 Å². The molecule has 0 unspecified atom stereocenters. The topological polar surface area (TPSA) is 83.8 Å². The van der Waals surface area contributed by atoms with Crippen molar-refractivity contribution in [1.82, 2.24) is 0 Å². The molecular weight excluding hydrogens is 314 g/mol. The Bertz CT molecular complexity index is 801. The minimum atomic E-state index is -3.79. The Kier molecular flexibility index (Phi) is 4.40. The standard InChI is InChI=1S/C14H10ClNO4S/c15-13-8-10(6-7-12(13)14(17)18)9-16-21(19,20)11-4-2-1-3-5-11/h1-9H,(H,17,18). The van der Waals surface area contributed by atoms with Gasteiger partial charge in [0, 0.05) is 6.21 Å². The van der Waals surface area contributed by atoms with E-state index in [9.17, 15) is 13.2 Å². The summed E-state index contributed by atoms with van der Waals surface area (Å²) in [6, 6.07) is 11.8. The van der Waals surface area contributed by atoms with Gasteiger partial charge in [-0.05, 0) is 29.8 Å². The van der Waals surface area contributed by atoms with Gasteiger partial charge in [-0.1, -0.05) is 35.9 Å². The minimum absolute atomic E-state index is 0.0172. The molecule has 0 heterocycles. The van der Waals surface area contributed by atoms with Crippen molar-refractivity contribution >= 4 is 33.8 Å². The van der Waals surface area contributed by atoms with Crippen molar-refractivity contribution in [3.8, 4) is 0 Å². The third kappa shape index (κ3) is 3.68. The number of hydrogen-bond donors (Lipinski definition) is 1. The van der Waals surface area contributed by atoms with E-state index < -0.39 is 16.0 Å². The van der Waals surface area contributed by atoms with Gasteiger partial charge in [0.05, 0.1) is 15.5 Å². The number of carbonyl (C=O) groups is 1. The molecule has 0 bridgehead atoms. The molecule has 2 aromatic carbocycles. The molecule has 0 radical (unpaired) electrons. The van der Waals surface area contributed by atoms with E-state index in [0.717, 1.165) is 6.21 Å². The second-order valence-corrected chi connectivity index (χ2v) is 6.11. The van der Waals surface area contributed by atoms with Crippen LogP contribution >= 0.6 is 11.6 Å². The molecule has 0 atom stereocenters. The summed E-state index contributed by atoms with van der Waals surface area (Å²) in [7, 11) is -3.79. The molecule has 2 rings (SSSR count). The van der Waals surface area contributed by atoms with Crippen LogP contribution in [-0.2, 0) is 10.0 Å². The molecule has 0 spiro atoms. The van der Waals surface area contributed by atoms with Crippen LogP contribution in [0.2, 0.25) is 5.02 Å². The van der Waals surface area contributed by atoms with E-state index in [1.165, 1.54) is 30.3 Å². The molecule has 0 fully saturated rings. The number of carboxylic acid groups (broad SMARTS) is 1. The lowest BCUT2D eigenvalue weighted by atomic mass is 10.1. The van der Waals surface area contributed by atoms with Crippen molar-refractivity contribution < 1.29 is 18.3 Å². The molecular formula is C14H10ClNO4S. The highest BCUT2D eigenvalue weighted by molar-refractivity contribution is 7.90. The smallest absolute Gasteiger partial charge is 0.337 e. The second kappa shape index (κ2) is 6.07. The van der Waals surface area contributed by atoms with Crippen LogP contribution in [-0.4, -0.2) is 25.7 Å². The fourth-order valence-electron chi connectivity index (χ4n) is 1.57. The van der Waals surface area contributed by atoms with E-state index in [1.807, 2.05) is 0 Å². The average molecular weight is 324 g/mol. The van der Waals surface area contributed by atoms with Gasteiger partial charge < -0.3 is 5.11 Å². The maximum atomic E-state index is 11.9. The van der Waals surface area contributed by atoms with Crippen LogP contribution in [0.15, 0.2) is 57.8 Å². The second-order valence-electron chi connectivity index (χ2n) is 4.07. The molecule has 0 aliphatic carbocycles. The lowest BCUT2D eigenvalue weighted by molar-refractivity contribution is 0.0697. The zero-order valence-electron chi connectivity index (χ0n) is 10.6. The number of benzene rings is 2. The van der Waals surface area contributed by atoms with Crippen LogP contribution in [0.1, 0.15) is 15.9 Å². The fraction of sp³-hybridized carbons (Fsp3) is 0. The lowest BCUT2D eigenvalue weighted by Crippen LogP contribution is -1.99. The maximum absolute atomic E-state index is 11.9. The zero-order valence-corrected chi connectivity index (χ0v) is 12.2. The molecule has 0 aliphatic heterocycles. The SMILES string of the molecule is O=C(O)c1ccc(C=NS(=O)(=O)c2ccccc2)cc1Cl. The van der Waals surface area contributed by atoms with Gasteiger partial charge in [0.1, 0.15) is 0 Å². The Morgan fingerprint density at radius 3 is 2.38 bits per heavy atom.